The van der Waals surface area contributed by atoms with Crippen molar-refractivity contribution in [2.24, 2.45) is 5.92 Å². The van der Waals surface area contributed by atoms with E-state index in [1.807, 2.05) is 6.07 Å². The van der Waals surface area contributed by atoms with E-state index in [1.165, 1.54) is 17.8 Å². The predicted octanol–water partition coefficient (Wildman–Crippen LogP) is 4.75. The fraction of sp³-hybridized carbons (Fsp3) is 0.636. The van der Waals surface area contributed by atoms with Gasteiger partial charge in [-0.05, 0) is 37.4 Å². The van der Waals surface area contributed by atoms with Crippen LogP contribution in [0.25, 0.3) is 0 Å². The van der Waals surface area contributed by atoms with Crippen LogP contribution >= 0.6 is 34.5 Å². The van der Waals surface area contributed by atoms with Gasteiger partial charge in [0.05, 0.1) is 8.67 Å². The molecule has 0 bridgehead atoms. The summed E-state index contributed by atoms with van der Waals surface area (Å²) >= 11 is 13.4. The molecule has 0 saturated carbocycles. The van der Waals surface area contributed by atoms with Crippen LogP contribution in [0.1, 0.15) is 38.8 Å². The van der Waals surface area contributed by atoms with Crippen LogP contribution in [0, 0.1) is 5.92 Å². The van der Waals surface area contributed by atoms with Crippen LogP contribution in [0.5, 0.6) is 0 Å². The van der Waals surface area contributed by atoms with E-state index in [0.717, 1.165) is 26.7 Å². The summed E-state index contributed by atoms with van der Waals surface area (Å²) in [6, 6.07) is 2.22. The Hall–Kier alpha value is 0.240. The van der Waals surface area contributed by atoms with E-state index >= 15 is 0 Å². The second kappa shape index (κ2) is 6.09. The monoisotopic (exact) mass is 265 g/mol. The first-order chi connectivity index (χ1) is 7.00. The van der Waals surface area contributed by atoms with Gasteiger partial charge in [-0.25, -0.2) is 0 Å². The Kier molecular flexibility index (Phi) is 5.41. The van der Waals surface area contributed by atoms with Gasteiger partial charge in [-0.1, -0.05) is 37.0 Å². The van der Waals surface area contributed by atoms with Crippen molar-refractivity contribution < 1.29 is 0 Å². The van der Waals surface area contributed by atoms with Crippen LogP contribution in [0.4, 0.5) is 0 Å². The van der Waals surface area contributed by atoms with Gasteiger partial charge in [-0.15, -0.1) is 11.3 Å². The minimum absolute atomic E-state index is 0.278. The zero-order valence-corrected chi connectivity index (χ0v) is 11.6. The molecule has 15 heavy (non-hydrogen) atoms. The van der Waals surface area contributed by atoms with Gasteiger partial charge in [-0.3, -0.25) is 0 Å². The summed E-state index contributed by atoms with van der Waals surface area (Å²) < 4.78 is 1.55. The number of nitrogens with one attached hydrogen (secondary N) is 1. The summed E-state index contributed by atoms with van der Waals surface area (Å²) in [6.07, 6.45) is 1.18. The van der Waals surface area contributed by atoms with Gasteiger partial charge in [0.2, 0.25) is 0 Å². The zero-order valence-electron chi connectivity index (χ0n) is 9.31. The molecule has 1 atom stereocenters. The highest BCUT2D eigenvalue weighted by Gasteiger charge is 2.12. The molecule has 0 saturated heterocycles. The van der Waals surface area contributed by atoms with E-state index in [1.54, 1.807) is 0 Å². The first kappa shape index (κ1) is 13.3. The van der Waals surface area contributed by atoms with E-state index < -0.39 is 0 Å². The number of thiophene rings is 1. The highest BCUT2D eigenvalue weighted by Crippen LogP contribution is 2.34. The molecule has 0 aliphatic rings. The molecule has 0 aromatic carbocycles. The molecule has 1 heterocycles. The smallest absolute Gasteiger partial charge is 0.0991 e. The van der Waals surface area contributed by atoms with Crippen LogP contribution in [-0.4, -0.2) is 6.54 Å². The molecule has 0 spiro atoms. The lowest BCUT2D eigenvalue weighted by molar-refractivity contribution is 0.498. The van der Waals surface area contributed by atoms with Crippen LogP contribution in [-0.2, 0) is 0 Å². The topological polar surface area (TPSA) is 12.0 Å². The van der Waals surface area contributed by atoms with Crippen molar-refractivity contribution in [2.75, 3.05) is 6.54 Å². The molecule has 0 fully saturated rings. The third-order valence-electron chi connectivity index (χ3n) is 2.32. The molecule has 4 heteroatoms. The van der Waals surface area contributed by atoms with Crippen molar-refractivity contribution in [3.05, 3.63) is 20.3 Å². The van der Waals surface area contributed by atoms with Gasteiger partial charge < -0.3 is 5.32 Å². The summed E-state index contributed by atoms with van der Waals surface area (Å²) in [7, 11) is 0. The van der Waals surface area contributed by atoms with Crippen LogP contribution in [0.3, 0.4) is 0 Å². The van der Waals surface area contributed by atoms with Gasteiger partial charge in [0.1, 0.15) is 0 Å². The standard InChI is InChI=1S/C11H17Cl2NS/c1-7(2)4-5-14-8(3)9-6-10(12)15-11(9)13/h6-8,14H,4-5H2,1-3H3. The fourth-order valence-corrected chi connectivity index (χ4v) is 2.99. The van der Waals surface area contributed by atoms with Crippen molar-refractivity contribution in [3.63, 3.8) is 0 Å². The lowest BCUT2D eigenvalue weighted by atomic mass is 10.1. The quantitative estimate of drug-likeness (QED) is 0.810. The van der Waals surface area contributed by atoms with E-state index in [2.05, 4.69) is 26.1 Å². The molecule has 1 N–H and O–H groups in total. The van der Waals surface area contributed by atoms with Gasteiger partial charge in [0.25, 0.3) is 0 Å². The maximum atomic E-state index is 6.08. The van der Waals surface area contributed by atoms with Crippen molar-refractivity contribution in [2.45, 2.75) is 33.2 Å². The molecular weight excluding hydrogens is 249 g/mol. The lowest BCUT2D eigenvalue weighted by Gasteiger charge is -2.14. The van der Waals surface area contributed by atoms with E-state index in [4.69, 9.17) is 23.2 Å². The van der Waals surface area contributed by atoms with Crippen LogP contribution < -0.4 is 5.32 Å². The van der Waals surface area contributed by atoms with E-state index in [0.29, 0.717) is 0 Å². The summed E-state index contributed by atoms with van der Waals surface area (Å²) in [6.45, 7) is 7.58. The third kappa shape index (κ3) is 4.31. The normalized spacial score (nSPS) is 13.5. The molecule has 0 radical (unpaired) electrons. The Morgan fingerprint density at radius 2 is 2.00 bits per heavy atom. The molecule has 1 unspecified atom stereocenters. The molecule has 1 aromatic rings. The van der Waals surface area contributed by atoms with Crippen molar-refractivity contribution in [1.82, 2.24) is 5.32 Å². The molecule has 1 rings (SSSR count). The molecule has 1 nitrogen and oxygen atoms in total. The first-order valence-corrected chi connectivity index (χ1v) is 6.76. The Balaban J connectivity index is 2.46. The molecular formula is C11H17Cl2NS. The number of hydrogen-bond donors (Lipinski definition) is 1. The summed E-state index contributed by atoms with van der Waals surface area (Å²) in [5.41, 5.74) is 1.11. The SMILES string of the molecule is CC(C)CCNC(C)c1cc(Cl)sc1Cl. The average Bonchev–Trinajstić information content (AvgIpc) is 2.44. The van der Waals surface area contributed by atoms with Crippen molar-refractivity contribution >= 4 is 34.5 Å². The van der Waals surface area contributed by atoms with E-state index in [9.17, 15) is 0 Å². The number of hydrogen-bond acceptors (Lipinski definition) is 2. The second-order valence-corrected chi connectivity index (χ2v) is 6.42. The molecule has 1 aromatic heterocycles. The van der Waals surface area contributed by atoms with Crippen molar-refractivity contribution in [1.29, 1.82) is 0 Å². The zero-order chi connectivity index (χ0) is 11.4. The minimum atomic E-state index is 0.278. The number of halogens is 2. The van der Waals surface area contributed by atoms with Gasteiger partial charge >= 0.3 is 0 Å². The largest absolute Gasteiger partial charge is 0.310 e. The Morgan fingerprint density at radius 1 is 1.33 bits per heavy atom. The first-order valence-electron chi connectivity index (χ1n) is 5.18. The summed E-state index contributed by atoms with van der Waals surface area (Å²) in [5.74, 6) is 0.728. The fourth-order valence-electron chi connectivity index (χ4n) is 1.35. The molecule has 86 valence electrons. The maximum Gasteiger partial charge on any atom is 0.0991 e. The highest BCUT2D eigenvalue weighted by atomic mass is 35.5. The Bertz CT molecular complexity index is 310. The highest BCUT2D eigenvalue weighted by molar-refractivity contribution is 7.20. The van der Waals surface area contributed by atoms with Gasteiger partial charge in [-0.2, -0.15) is 0 Å². The average molecular weight is 266 g/mol. The lowest BCUT2D eigenvalue weighted by Crippen LogP contribution is -2.20. The molecule has 0 aliphatic heterocycles. The van der Waals surface area contributed by atoms with Gasteiger partial charge in [0.15, 0.2) is 0 Å². The number of rotatable bonds is 5. The molecule has 0 amide bonds. The van der Waals surface area contributed by atoms with Crippen LogP contribution in [0.15, 0.2) is 6.07 Å². The third-order valence-corrected chi connectivity index (χ3v) is 3.84. The van der Waals surface area contributed by atoms with Gasteiger partial charge in [0, 0.05) is 6.04 Å². The van der Waals surface area contributed by atoms with Crippen molar-refractivity contribution in [3.8, 4) is 0 Å². The Morgan fingerprint density at radius 3 is 2.47 bits per heavy atom. The summed E-state index contributed by atoms with van der Waals surface area (Å²) in [5, 5.41) is 3.45. The van der Waals surface area contributed by atoms with E-state index in [-0.39, 0.29) is 6.04 Å². The van der Waals surface area contributed by atoms with Crippen LogP contribution in [0.2, 0.25) is 8.67 Å². The minimum Gasteiger partial charge on any atom is -0.310 e. The summed E-state index contributed by atoms with van der Waals surface area (Å²) in [4.78, 5) is 0. The molecule has 0 aliphatic carbocycles. The maximum absolute atomic E-state index is 6.08. The predicted molar refractivity (Wildman–Crippen MR) is 70.2 cm³/mol. The Labute approximate surface area is 106 Å². The second-order valence-electron chi connectivity index (χ2n) is 4.14.